The number of para-hydroxylation sites is 1. The summed E-state index contributed by atoms with van der Waals surface area (Å²) in [6.07, 6.45) is 2.35. The van der Waals surface area contributed by atoms with Crippen molar-refractivity contribution in [1.29, 1.82) is 0 Å². The Morgan fingerprint density at radius 1 is 1.22 bits per heavy atom. The molecule has 6 nitrogen and oxygen atoms in total. The van der Waals surface area contributed by atoms with Gasteiger partial charge in [-0.05, 0) is 45.6 Å². The molecule has 23 heavy (non-hydrogen) atoms. The molecule has 1 rings (SSSR count). The summed E-state index contributed by atoms with van der Waals surface area (Å²) in [5.74, 6) is -0.263. The van der Waals surface area contributed by atoms with Crippen LogP contribution in [0.5, 0.6) is 0 Å². The number of hydrogen-bond acceptors (Lipinski definition) is 4. The van der Waals surface area contributed by atoms with Crippen LogP contribution >= 0.6 is 0 Å². The molecule has 1 aromatic carbocycles. The maximum atomic E-state index is 12.4. The lowest BCUT2D eigenvalue weighted by Crippen LogP contribution is -2.49. The van der Waals surface area contributed by atoms with E-state index in [1.54, 1.807) is 24.3 Å². The van der Waals surface area contributed by atoms with Gasteiger partial charge in [0.05, 0.1) is 11.9 Å². The Morgan fingerprint density at radius 3 is 2.30 bits per heavy atom. The smallest absolute Gasteiger partial charge is 0.243 e. The van der Waals surface area contributed by atoms with Gasteiger partial charge in [0.15, 0.2) is 0 Å². The maximum absolute atomic E-state index is 12.4. The standard InChI is InChI=1S/C16H27N3O3S/c1-5-15(16(20)17-12-9-13-18(2)3)19(23(4,21)22)14-10-7-6-8-11-14/h6-8,10-11,15H,5,9,12-13H2,1-4H3,(H,17,20)/t15-/m0/s1. The van der Waals surface area contributed by atoms with Gasteiger partial charge in [0, 0.05) is 6.54 Å². The first-order valence-electron chi connectivity index (χ1n) is 7.74. The van der Waals surface area contributed by atoms with Gasteiger partial charge >= 0.3 is 0 Å². The molecule has 0 radical (unpaired) electrons. The van der Waals surface area contributed by atoms with E-state index >= 15 is 0 Å². The highest BCUT2D eigenvalue weighted by Crippen LogP contribution is 2.21. The van der Waals surface area contributed by atoms with Crippen LogP contribution in [0.3, 0.4) is 0 Å². The highest BCUT2D eigenvalue weighted by atomic mass is 32.2. The summed E-state index contributed by atoms with van der Waals surface area (Å²) in [5, 5.41) is 2.84. The third-order valence-electron chi connectivity index (χ3n) is 3.42. The summed E-state index contributed by atoms with van der Waals surface area (Å²) in [7, 11) is 0.385. The minimum Gasteiger partial charge on any atom is -0.354 e. The van der Waals surface area contributed by atoms with Crippen molar-refractivity contribution < 1.29 is 13.2 Å². The van der Waals surface area contributed by atoms with Crippen molar-refractivity contribution in [2.45, 2.75) is 25.8 Å². The number of sulfonamides is 1. The average molecular weight is 341 g/mol. The first-order chi connectivity index (χ1) is 10.8. The third kappa shape index (κ3) is 6.19. The molecule has 7 heteroatoms. The molecular formula is C16H27N3O3S. The molecule has 0 saturated carbocycles. The summed E-state index contributed by atoms with van der Waals surface area (Å²) in [4.78, 5) is 14.5. The normalized spacial score (nSPS) is 12.9. The maximum Gasteiger partial charge on any atom is 0.243 e. The van der Waals surface area contributed by atoms with Gasteiger partial charge in [0.25, 0.3) is 0 Å². The fourth-order valence-corrected chi connectivity index (χ4v) is 3.57. The number of carbonyl (C=O) groups excluding carboxylic acids is 1. The summed E-state index contributed by atoms with van der Waals surface area (Å²) in [6, 6.07) is 7.98. The molecule has 130 valence electrons. The predicted octanol–water partition coefficient (Wildman–Crippen LogP) is 1.30. The Kier molecular flexibility index (Phi) is 7.51. The second-order valence-corrected chi connectivity index (χ2v) is 7.63. The van der Waals surface area contributed by atoms with Gasteiger partial charge in [-0.1, -0.05) is 25.1 Å². The summed E-state index contributed by atoms with van der Waals surface area (Å²) >= 11 is 0. The van der Waals surface area contributed by atoms with Gasteiger partial charge in [-0.15, -0.1) is 0 Å². The summed E-state index contributed by atoms with van der Waals surface area (Å²) < 4.78 is 25.6. The van der Waals surface area contributed by atoms with E-state index in [4.69, 9.17) is 0 Å². The average Bonchev–Trinajstić information content (AvgIpc) is 2.48. The zero-order valence-corrected chi connectivity index (χ0v) is 15.1. The highest BCUT2D eigenvalue weighted by molar-refractivity contribution is 7.92. The lowest BCUT2D eigenvalue weighted by atomic mass is 10.2. The van der Waals surface area contributed by atoms with E-state index in [9.17, 15) is 13.2 Å². The molecule has 0 aromatic heterocycles. The van der Waals surface area contributed by atoms with Crippen molar-refractivity contribution in [1.82, 2.24) is 10.2 Å². The molecular weight excluding hydrogens is 314 g/mol. The minimum absolute atomic E-state index is 0.263. The van der Waals surface area contributed by atoms with E-state index in [-0.39, 0.29) is 5.91 Å². The molecule has 0 aliphatic heterocycles. The lowest BCUT2D eigenvalue weighted by molar-refractivity contribution is -0.122. The van der Waals surface area contributed by atoms with Crippen LogP contribution in [-0.4, -0.2) is 58.7 Å². The Bertz CT molecular complexity index is 588. The van der Waals surface area contributed by atoms with E-state index in [1.807, 2.05) is 32.0 Å². The van der Waals surface area contributed by atoms with Gasteiger partial charge < -0.3 is 10.2 Å². The summed E-state index contributed by atoms with van der Waals surface area (Å²) in [5.41, 5.74) is 0.505. The van der Waals surface area contributed by atoms with Gasteiger partial charge in [0.1, 0.15) is 6.04 Å². The molecule has 0 saturated heterocycles. The van der Waals surface area contributed by atoms with Crippen LogP contribution in [0.15, 0.2) is 30.3 Å². The van der Waals surface area contributed by atoms with Crippen LogP contribution in [0.25, 0.3) is 0 Å². The first-order valence-corrected chi connectivity index (χ1v) is 9.59. The molecule has 0 aliphatic rings. The van der Waals surface area contributed by atoms with E-state index in [1.165, 1.54) is 4.31 Å². The van der Waals surface area contributed by atoms with Crippen LogP contribution in [-0.2, 0) is 14.8 Å². The second kappa shape index (κ2) is 8.88. The number of hydrogen-bond donors (Lipinski definition) is 1. The lowest BCUT2D eigenvalue weighted by Gasteiger charge is -2.30. The van der Waals surface area contributed by atoms with Crippen molar-refractivity contribution in [3.8, 4) is 0 Å². The zero-order chi connectivity index (χ0) is 17.5. The summed E-state index contributed by atoms with van der Waals surface area (Å²) in [6.45, 7) is 3.20. The highest BCUT2D eigenvalue weighted by Gasteiger charge is 2.30. The molecule has 0 unspecified atom stereocenters. The number of benzene rings is 1. The van der Waals surface area contributed by atoms with Crippen LogP contribution in [0.2, 0.25) is 0 Å². The number of rotatable bonds is 9. The van der Waals surface area contributed by atoms with E-state index in [0.717, 1.165) is 19.2 Å². The van der Waals surface area contributed by atoms with Gasteiger partial charge in [-0.2, -0.15) is 0 Å². The van der Waals surface area contributed by atoms with E-state index in [0.29, 0.717) is 18.7 Å². The molecule has 0 aliphatic carbocycles. The van der Waals surface area contributed by atoms with Crippen molar-refractivity contribution in [2.24, 2.45) is 0 Å². The number of anilines is 1. The first kappa shape index (κ1) is 19.4. The monoisotopic (exact) mass is 341 g/mol. The third-order valence-corrected chi connectivity index (χ3v) is 4.60. The van der Waals surface area contributed by atoms with Crippen LogP contribution in [0.4, 0.5) is 5.69 Å². The molecule has 1 amide bonds. The van der Waals surface area contributed by atoms with E-state index < -0.39 is 16.1 Å². The molecule has 0 spiro atoms. The largest absolute Gasteiger partial charge is 0.354 e. The number of nitrogens with one attached hydrogen (secondary N) is 1. The number of carbonyl (C=O) groups is 1. The Hall–Kier alpha value is -1.60. The molecule has 1 N–H and O–H groups in total. The topological polar surface area (TPSA) is 69.7 Å². The van der Waals surface area contributed by atoms with Crippen LogP contribution in [0, 0.1) is 0 Å². The SMILES string of the molecule is CC[C@@H](C(=O)NCCCN(C)C)N(c1ccccc1)S(C)(=O)=O. The Labute approximate surface area is 139 Å². The number of amides is 1. The molecule has 1 aromatic rings. The van der Waals surface area contributed by atoms with Crippen molar-refractivity contribution in [3.05, 3.63) is 30.3 Å². The molecule has 0 fully saturated rings. The number of nitrogens with zero attached hydrogens (tertiary/aromatic N) is 2. The van der Waals surface area contributed by atoms with E-state index in [2.05, 4.69) is 5.32 Å². The Balaban J connectivity index is 2.88. The van der Waals surface area contributed by atoms with Crippen LogP contribution in [0.1, 0.15) is 19.8 Å². The molecule has 1 atom stereocenters. The zero-order valence-electron chi connectivity index (χ0n) is 14.3. The molecule has 0 bridgehead atoms. The van der Waals surface area contributed by atoms with Crippen molar-refractivity contribution >= 4 is 21.6 Å². The Morgan fingerprint density at radius 2 is 1.83 bits per heavy atom. The van der Waals surface area contributed by atoms with Crippen molar-refractivity contribution in [3.63, 3.8) is 0 Å². The van der Waals surface area contributed by atoms with Gasteiger partial charge in [-0.3, -0.25) is 9.10 Å². The molecule has 0 heterocycles. The van der Waals surface area contributed by atoms with Crippen molar-refractivity contribution in [2.75, 3.05) is 37.7 Å². The second-order valence-electron chi connectivity index (χ2n) is 5.77. The fourth-order valence-electron chi connectivity index (χ4n) is 2.36. The quantitative estimate of drug-likeness (QED) is 0.688. The fraction of sp³-hybridized carbons (Fsp3) is 0.562. The predicted molar refractivity (Wildman–Crippen MR) is 94.0 cm³/mol. The van der Waals surface area contributed by atoms with Gasteiger partial charge in [-0.25, -0.2) is 8.42 Å². The minimum atomic E-state index is -3.55. The van der Waals surface area contributed by atoms with Crippen LogP contribution < -0.4 is 9.62 Å². The van der Waals surface area contributed by atoms with Gasteiger partial charge in [0.2, 0.25) is 15.9 Å².